The smallest absolute Gasteiger partial charge is 0.0417 e. The minimum Gasteiger partial charge on any atom is -0.369 e. The normalized spacial score (nSPS) is 14.1. The average molecular weight is 276 g/mol. The van der Waals surface area contributed by atoms with Gasteiger partial charge in [-0.1, -0.05) is 45.4 Å². The second-order valence-electron chi connectivity index (χ2n) is 5.61. The summed E-state index contributed by atoms with van der Waals surface area (Å²) in [7, 11) is 2.06. The van der Waals surface area contributed by atoms with Crippen LogP contribution in [-0.2, 0) is 0 Å². The third kappa shape index (κ3) is 4.24. The first-order chi connectivity index (χ1) is 9.69. The molecule has 0 radical (unpaired) electrons. The molecular formula is C18H32N2. The number of rotatable bonds is 9. The van der Waals surface area contributed by atoms with Gasteiger partial charge in [0.15, 0.2) is 0 Å². The van der Waals surface area contributed by atoms with Gasteiger partial charge >= 0.3 is 0 Å². The van der Waals surface area contributed by atoms with Gasteiger partial charge in [-0.2, -0.15) is 0 Å². The average Bonchev–Trinajstić information content (AvgIpc) is 2.49. The maximum absolute atomic E-state index is 3.45. The van der Waals surface area contributed by atoms with Crippen molar-refractivity contribution in [2.24, 2.45) is 0 Å². The third-order valence-electron chi connectivity index (χ3n) is 4.25. The van der Waals surface area contributed by atoms with Gasteiger partial charge in [-0.25, -0.2) is 0 Å². The van der Waals surface area contributed by atoms with E-state index in [-0.39, 0.29) is 0 Å². The van der Waals surface area contributed by atoms with Crippen molar-refractivity contribution in [3.63, 3.8) is 0 Å². The molecule has 0 aromatic heterocycles. The summed E-state index contributed by atoms with van der Waals surface area (Å²) in [6.07, 6.45) is 4.82. The molecule has 20 heavy (non-hydrogen) atoms. The zero-order valence-electron chi connectivity index (χ0n) is 13.9. The number of para-hydroxylation sites is 1. The second kappa shape index (κ2) is 9.02. The van der Waals surface area contributed by atoms with Crippen molar-refractivity contribution in [2.45, 2.75) is 65.5 Å². The largest absolute Gasteiger partial charge is 0.369 e. The minimum absolute atomic E-state index is 0.444. The van der Waals surface area contributed by atoms with Crippen LogP contribution in [0.1, 0.15) is 65.0 Å². The van der Waals surface area contributed by atoms with E-state index in [0.29, 0.717) is 12.1 Å². The van der Waals surface area contributed by atoms with E-state index in [9.17, 15) is 0 Å². The van der Waals surface area contributed by atoms with Gasteiger partial charge in [0, 0.05) is 24.3 Å². The number of benzene rings is 1. The molecule has 1 rings (SSSR count). The molecule has 2 unspecified atom stereocenters. The Morgan fingerprint density at radius 1 is 1.10 bits per heavy atom. The summed E-state index contributed by atoms with van der Waals surface area (Å²) < 4.78 is 0. The van der Waals surface area contributed by atoms with E-state index in [1.165, 1.54) is 30.5 Å². The lowest BCUT2D eigenvalue weighted by molar-refractivity contribution is 0.558. The Bertz CT molecular complexity index is 371. The SMILES string of the molecule is CCCCN(c1ccccc1C(CC)NC)C(C)CC. The fourth-order valence-electron chi connectivity index (χ4n) is 2.75. The predicted octanol–water partition coefficient (Wildman–Crippen LogP) is 4.76. The first-order valence-electron chi connectivity index (χ1n) is 8.22. The minimum atomic E-state index is 0.444. The molecule has 0 fully saturated rings. The third-order valence-corrected chi connectivity index (χ3v) is 4.25. The van der Waals surface area contributed by atoms with Gasteiger partial charge in [-0.15, -0.1) is 0 Å². The molecule has 1 N–H and O–H groups in total. The van der Waals surface area contributed by atoms with Gasteiger partial charge in [0.1, 0.15) is 0 Å². The van der Waals surface area contributed by atoms with Crippen molar-refractivity contribution in [1.82, 2.24) is 5.32 Å². The highest BCUT2D eigenvalue weighted by atomic mass is 15.2. The molecule has 2 atom stereocenters. The summed E-state index contributed by atoms with van der Waals surface area (Å²) in [6, 6.07) is 9.94. The van der Waals surface area contributed by atoms with Crippen LogP contribution in [-0.4, -0.2) is 19.6 Å². The second-order valence-corrected chi connectivity index (χ2v) is 5.61. The molecule has 2 nitrogen and oxygen atoms in total. The Hall–Kier alpha value is -1.02. The van der Waals surface area contributed by atoms with Gasteiger partial charge in [0.05, 0.1) is 0 Å². The highest BCUT2D eigenvalue weighted by molar-refractivity contribution is 5.55. The van der Waals surface area contributed by atoms with Gasteiger partial charge in [-0.05, 0) is 44.9 Å². The van der Waals surface area contributed by atoms with Gasteiger partial charge in [0.25, 0.3) is 0 Å². The Kier molecular flexibility index (Phi) is 7.68. The molecule has 0 amide bonds. The molecule has 0 aliphatic rings. The van der Waals surface area contributed by atoms with Crippen molar-refractivity contribution in [3.8, 4) is 0 Å². The first kappa shape index (κ1) is 17.0. The Labute approximate surface area is 125 Å². The molecule has 114 valence electrons. The molecule has 2 heteroatoms. The highest BCUT2D eigenvalue weighted by Gasteiger charge is 2.19. The van der Waals surface area contributed by atoms with E-state index >= 15 is 0 Å². The van der Waals surface area contributed by atoms with Crippen molar-refractivity contribution in [3.05, 3.63) is 29.8 Å². The zero-order valence-corrected chi connectivity index (χ0v) is 13.9. The first-order valence-corrected chi connectivity index (χ1v) is 8.22. The summed E-state index contributed by atoms with van der Waals surface area (Å²) in [5, 5.41) is 3.45. The molecule has 0 heterocycles. The monoisotopic (exact) mass is 276 g/mol. The summed E-state index contributed by atoms with van der Waals surface area (Å²) in [6.45, 7) is 10.3. The zero-order chi connectivity index (χ0) is 15.0. The Balaban J connectivity index is 3.11. The summed E-state index contributed by atoms with van der Waals surface area (Å²) in [5.74, 6) is 0. The van der Waals surface area contributed by atoms with Crippen LogP contribution in [0, 0.1) is 0 Å². The maximum atomic E-state index is 3.45. The molecular weight excluding hydrogens is 244 g/mol. The number of hydrogen-bond donors (Lipinski definition) is 1. The fraction of sp³-hybridized carbons (Fsp3) is 0.667. The van der Waals surface area contributed by atoms with Crippen molar-refractivity contribution in [1.29, 1.82) is 0 Å². The van der Waals surface area contributed by atoms with Crippen LogP contribution in [0.5, 0.6) is 0 Å². The molecule has 0 aliphatic heterocycles. The maximum Gasteiger partial charge on any atom is 0.0417 e. The molecule has 0 spiro atoms. The quantitative estimate of drug-likeness (QED) is 0.699. The van der Waals surface area contributed by atoms with Gasteiger partial charge in [-0.3, -0.25) is 0 Å². The number of anilines is 1. The highest BCUT2D eigenvalue weighted by Crippen LogP contribution is 2.30. The van der Waals surface area contributed by atoms with Crippen LogP contribution in [0.4, 0.5) is 5.69 Å². The van der Waals surface area contributed by atoms with E-state index in [1.54, 1.807) is 0 Å². The van der Waals surface area contributed by atoms with Crippen LogP contribution in [0.3, 0.4) is 0 Å². The predicted molar refractivity (Wildman–Crippen MR) is 90.5 cm³/mol. The fourth-order valence-corrected chi connectivity index (χ4v) is 2.75. The molecule has 0 saturated heterocycles. The summed E-state index contributed by atoms with van der Waals surface area (Å²) >= 11 is 0. The van der Waals surface area contributed by atoms with Crippen LogP contribution < -0.4 is 10.2 Å². The molecule has 1 aromatic carbocycles. The molecule has 1 aromatic rings. The lowest BCUT2D eigenvalue weighted by atomic mass is 10.00. The van der Waals surface area contributed by atoms with E-state index in [1.807, 2.05) is 0 Å². The van der Waals surface area contributed by atoms with Crippen LogP contribution in [0.15, 0.2) is 24.3 Å². The number of hydrogen-bond acceptors (Lipinski definition) is 2. The van der Waals surface area contributed by atoms with Crippen LogP contribution >= 0.6 is 0 Å². The Morgan fingerprint density at radius 3 is 2.35 bits per heavy atom. The molecule has 0 bridgehead atoms. The summed E-state index contributed by atoms with van der Waals surface area (Å²) in [4.78, 5) is 2.60. The Morgan fingerprint density at radius 2 is 1.80 bits per heavy atom. The van der Waals surface area contributed by atoms with E-state index in [2.05, 4.69) is 69.2 Å². The van der Waals surface area contributed by atoms with Gasteiger partial charge < -0.3 is 10.2 Å². The lowest BCUT2D eigenvalue weighted by Crippen LogP contribution is -2.35. The topological polar surface area (TPSA) is 15.3 Å². The van der Waals surface area contributed by atoms with Crippen molar-refractivity contribution >= 4 is 5.69 Å². The van der Waals surface area contributed by atoms with Crippen molar-refractivity contribution < 1.29 is 0 Å². The van der Waals surface area contributed by atoms with Crippen molar-refractivity contribution in [2.75, 3.05) is 18.5 Å². The van der Waals surface area contributed by atoms with E-state index < -0.39 is 0 Å². The van der Waals surface area contributed by atoms with Gasteiger partial charge in [0.2, 0.25) is 0 Å². The summed E-state index contributed by atoms with van der Waals surface area (Å²) in [5.41, 5.74) is 2.85. The number of nitrogens with one attached hydrogen (secondary N) is 1. The molecule has 0 aliphatic carbocycles. The van der Waals surface area contributed by atoms with E-state index in [0.717, 1.165) is 13.0 Å². The molecule has 0 saturated carbocycles. The lowest BCUT2D eigenvalue weighted by Gasteiger charge is -2.34. The van der Waals surface area contributed by atoms with E-state index in [4.69, 9.17) is 0 Å². The van der Waals surface area contributed by atoms with Crippen LogP contribution in [0.25, 0.3) is 0 Å². The standard InChI is InChI=1S/C18H32N2/c1-6-9-14-20(15(4)7-2)18-13-11-10-12-16(18)17(8-3)19-5/h10-13,15,17,19H,6-9,14H2,1-5H3. The number of unbranched alkanes of at least 4 members (excludes halogenated alkanes) is 1. The number of nitrogens with zero attached hydrogens (tertiary/aromatic N) is 1. The van der Waals surface area contributed by atoms with Crippen LogP contribution in [0.2, 0.25) is 0 Å².